The number of rotatable bonds is 22. The molecular weight excluding hydrogens is 488 g/mol. The summed E-state index contributed by atoms with van der Waals surface area (Å²) in [5, 5.41) is 1.74. The number of fused-ring (bicyclic) bond motifs is 1. The van der Waals surface area contributed by atoms with Gasteiger partial charge in [-0.2, -0.15) is 8.42 Å². The van der Waals surface area contributed by atoms with Gasteiger partial charge in [-0.25, -0.2) is 0 Å². The third-order valence-electron chi connectivity index (χ3n) is 8.10. The molecule has 2 rings (SSSR count). The van der Waals surface area contributed by atoms with Crippen LogP contribution in [0.15, 0.2) is 29.2 Å². The lowest BCUT2D eigenvalue weighted by atomic mass is 9.86. The van der Waals surface area contributed by atoms with Crippen LogP contribution in [0.1, 0.15) is 153 Å². The molecule has 0 heterocycles. The quantitative estimate of drug-likeness (QED) is 0.118. The lowest BCUT2D eigenvalue weighted by Gasteiger charge is -2.22. The molecule has 0 aliphatic carbocycles. The van der Waals surface area contributed by atoms with Crippen molar-refractivity contribution in [1.29, 1.82) is 0 Å². The van der Waals surface area contributed by atoms with Crippen molar-refractivity contribution in [2.75, 3.05) is 0 Å². The molecule has 0 saturated heterocycles. The van der Waals surface area contributed by atoms with Gasteiger partial charge >= 0.3 is 0 Å². The Morgan fingerprint density at radius 3 is 1.34 bits per heavy atom. The highest BCUT2D eigenvalue weighted by molar-refractivity contribution is 7.86. The summed E-state index contributed by atoms with van der Waals surface area (Å²) < 4.78 is 36.2. The number of unbranched alkanes of at least 4 members (excludes halogenated alkanes) is 15. The normalized spacial score (nSPS) is 12.0. The number of hydrogen-bond acceptors (Lipinski definition) is 2. The second-order valence-corrected chi connectivity index (χ2v) is 12.7. The lowest BCUT2D eigenvalue weighted by molar-refractivity contribution is 0.482. The Bertz CT molecular complexity index is 1030. The Morgan fingerprint density at radius 2 is 0.868 bits per heavy atom. The highest BCUT2D eigenvalue weighted by Crippen LogP contribution is 2.37. The highest BCUT2D eigenvalue weighted by Gasteiger charge is 2.25. The molecule has 0 atom stereocenters. The molecule has 0 bridgehead atoms. The van der Waals surface area contributed by atoms with E-state index in [1.165, 1.54) is 101 Å². The molecule has 38 heavy (non-hydrogen) atoms. The van der Waals surface area contributed by atoms with Crippen LogP contribution in [0.2, 0.25) is 0 Å². The van der Waals surface area contributed by atoms with E-state index in [1.54, 1.807) is 0 Å². The van der Waals surface area contributed by atoms with Gasteiger partial charge < -0.3 is 0 Å². The SMILES string of the molecule is CCCCCCCCCc1c(CCCCCCCCC)c(S(=O)(=O)O)c2ccccc2c1CCCCCC. The van der Waals surface area contributed by atoms with Crippen LogP contribution in [0, 0.1) is 0 Å². The van der Waals surface area contributed by atoms with E-state index >= 15 is 0 Å². The van der Waals surface area contributed by atoms with Gasteiger partial charge in [-0.05, 0) is 60.6 Å². The van der Waals surface area contributed by atoms with Crippen LogP contribution in [-0.4, -0.2) is 13.0 Å². The van der Waals surface area contributed by atoms with Crippen molar-refractivity contribution in [3.63, 3.8) is 0 Å². The van der Waals surface area contributed by atoms with Gasteiger partial charge in [0.2, 0.25) is 0 Å². The van der Waals surface area contributed by atoms with E-state index in [0.29, 0.717) is 5.39 Å². The molecule has 0 amide bonds. The molecule has 0 unspecified atom stereocenters. The fourth-order valence-corrected chi connectivity index (χ4v) is 6.97. The molecular formula is C34H56O3S. The first kappa shape index (κ1) is 32.8. The van der Waals surface area contributed by atoms with Crippen LogP contribution in [0.4, 0.5) is 0 Å². The zero-order valence-electron chi connectivity index (χ0n) is 24.8. The molecule has 2 aromatic rings. The Kier molecular flexibility index (Phi) is 16.3. The number of hydrogen-bond donors (Lipinski definition) is 1. The average molecular weight is 545 g/mol. The van der Waals surface area contributed by atoms with Gasteiger partial charge in [0.25, 0.3) is 10.1 Å². The van der Waals surface area contributed by atoms with Gasteiger partial charge in [0.05, 0.1) is 0 Å². The first-order chi connectivity index (χ1) is 18.5. The third-order valence-corrected chi connectivity index (χ3v) is 9.08. The molecule has 4 heteroatoms. The Balaban J connectivity index is 2.40. The van der Waals surface area contributed by atoms with Gasteiger partial charge in [-0.1, -0.05) is 141 Å². The summed E-state index contributed by atoms with van der Waals surface area (Å²) in [7, 11) is -4.33. The van der Waals surface area contributed by atoms with Gasteiger partial charge in [-0.15, -0.1) is 0 Å². The average Bonchev–Trinajstić information content (AvgIpc) is 2.89. The van der Waals surface area contributed by atoms with Crippen molar-refractivity contribution in [2.24, 2.45) is 0 Å². The number of benzene rings is 2. The summed E-state index contributed by atoms with van der Waals surface area (Å²) in [6.07, 6.45) is 24.5. The Morgan fingerprint density at radius 1 is 0.500 bits per heavy atom. The van der Waals surface area contributed by atoms with Gasteiger partial charge in [0, 0.05) is 5.39 Å². The van der Waals surface area contributed by atoms with E-state index < -0.39 is 10.1 Å². The molecule has 0 aliphatic rings. The Labute approximate surface area is 235 Å². The molecule has 3 nitrogen and oxygen atoms in total. The van der Waals surface area contributed by atoms with Crippen molar-refractivity contribution in [1.82, 2.24) is 0 Å². The molecule has 2 aromatic carbocycles. The molecule has 0 spiro atoms. The van der Waals surface area contributed by atoms with Gasteiger partial charge in [0.15, 0.2) is 0 Å². The Hall–Kier alpha value is -1.39. The molecule has 0 radical (unpaired) electrons. The van der Waals surface area contributed by atoms with E-state index in [0.717, 1.165) is 55.9 Å². The topological polar surface area (TPSA) is 54.4 Å². The van der Waals surface area contributed by atoms with Crippen molar-refractivity contribution in [2.45, 2.75) is 161 Å². The molecule has 0 saturated carbocycles. The summed E-state index contributed by atoms with van der Waals surface area (Å²) in [6.45, 7) is 6.73. The maximum atomic E-state index is 12.9. The molecule has 0 aromatic heterocycles. The number of aryl methyl sites for hydroxylation is 1. The summed E-state index contributed by atoms with van der Waals surface area (Å²) >= 11 is 0. The van der Waals surface area contributed by atoms with E-state index in [1.807, 2.05) is 18.2 Å². The zero-order chi connectivity index (χ0) is 27.6. The van der Waals surface area contributed by atoms with Crippen LogP contribution in [-0.2, 0) is 29.4 Å². The third kappa shape index (κ3) is 11.0. The minimum Gasteiger partial charge on any atom is -0.282 e. The van der Waals surface area contributed by atoms with Crippen LogP contribution in [0.25, 0.3) is 10.8 Å². The standard InChI is InChI=1S/C34H56O3S/c1-4-7-10-13-15-17-20-25-30-29(24-19-12-9-6-3)31-26-22-23-28-33(31)34(38(35,36)37)32(30)27-21-18-16-14-11-8-5-2/h22-23,26,28H,4-21,24-25,27H2,1-3H3,(H,35,36,37). The van der Waals surface area contributed by atoms with Crippen molar-refractivity contribution < 1.29 is 13.0 Å². The second kappa shape index (κ2) is 18.8. The minimum atomic E-state index is -4.33. The van der Waals surface area contributed by atoms with Crippen molar-refractivity contribution in [3.8, 4) is 0 Å². The highest BCUT2D eigenvalue weighted by atomic mass is 32.2. The first-order valence-electron chi connectivity index (χ1n) is 16.0. The van der Waals surface area contributed by atoms with Gasteiger partial charge in [0.1, 0.15) is 4.90 Å². The first-order valence-corrected chi connectivity index (χ1v) is 17.4. The smallest absolute Gasteiger partial charge is 0.282 e. The summed E-state index contributed by atoms with van der Waals surface area (Å²) in [5.41, 5.74) is 3.48. The van der Waals surface area contributed by atoms with Crippen LogP contribution in [0.3, 0.4) is 0 Å². The summed E-state index contributed by atoms with van der Waals surface area (Å²) in [5.74, 6) is 0. The lowest BCUT2D eigenvalue weighted by Crippen LogP contribution is -2.12. The summed E-state index contributed by atoms with van der Waals surface area (Å²) in [4.78, 5) is 0.189. The zero-order valence-corrected chi connectivity index (χ0v) is 25.6. The predicted molar refractivity (Wildman–Crippen MR) is 165 cm³/mol. The fraction of sp³-hybridized carbons (Fsp3) is 0.706. The fourth-order valence-electron chi connectivity index (χ4n) is 5.98. The summed E-state index contributed by atoms with van der Waals surface area (Å²) in [6, 6.07) is 7.90. The molecule has 216 valence electrons. The maximum Gasteiger partial charge on any atom is 0.295 e. The molecule has 0 aliphatic heterocycles. The van der Waals surface area contributed by atoms with E-state index in [9.17, 15) is 13.0 Å². The largest absolute Gasteiger partial charge is 0.295 e. The van der Waals surface area contributed by atoms with Crippen molar-refractivity contribution in [3.05, 3.63) is 41.0 Å². The minimum absolute atomic E-state index is 0.189. The monoisotopic (exact) mass is 544 g/mol. The molecule has 1 N–H and O–H groups in total. The van der Waals surface area contributed by atoms with Crippen LogP contribution in [0.5, 0.6) is 0 Å². The van der Waals surface area contributed by atoms with Crippen LogP contribution < -0.4 is 0 Å². The van der Waals surface area contributed by atoms with E-state index in [-0.39, 0.29) is 4.90 Å². The van der Waals surface area contributed by atoms with Crippen molar-refractivity contribution >= 4 is 20.9 Å². The second-order valence-electron chi connectivity index (χ2n) is 11.3. The maximum absolute atomic E-state index is 12.9. The van der Waals surface area contributed by atoms with E-state index in [2.05, 4.69) is 26.8 Å². The van der Waals surface area contributed by atoms with E-state index in [4.69, 9.17) is 0 Å². The molecule has 0 fully saturated rings. The predicted octanol–water partition coefficient (Wildman–Crippen LogP) is 10.8. The van der Waals surface area contributed by atoms with Gasteiger partial charge in [-0.3, -0.25) is 4.55 Å². The van der Waals surface area contributed by atoms with Crippen LogP contribution >= 0.6 is 0 Å².